The average molecular weight is 1560 g/mol. The van der Waals surface area contributed by atoms with Crippen molar-refractivity contribution in [1.82, 2.24) is 30.2 Å². The number of ether oxygens (including phenoxy) is 1. The van der Waals surface area contributed by atoms with Gasteiger partial charge in [0.25, 0.3) is 0 Å². The predicted molar refractivity (Wildman–Crippen MR) is 414 cm³/mol. The smallest absolute Gasteiger partial charge is 0.415 e. The highest BCUT2D eigenvalue weighted by Crippen LogP contribution is 2.60. The van der Waals surface area contributed by atoms with Gasteiger partial charge in [-0.25, -0.2) is 4.79 Å². The Kier molecular flexibility index (Phi) is 23.1. The minimum atomic E-state index is -2.60. The summed E-state index contributed by atoms with van der Waals surface area (Å²) in [7, 11) is 14.9. The Morgan fingerprint density at radius 2 is 1.09 bits per heavy atom. The van der Waals surface area contributed by atoms with Gasteiger partial charge in [-0.3, -0.25) is 48.3 Å². The van der Waals surface area contributed by atoms with E-state index in [9.17, 15) is 105 Å². The summed E-state index contributed by atoms with van der Waals surface area (Å²) in [4.78, 5) is 115. The molecule has 0 unspecified atom stereocenters. The summed E-state index contributed by atoms with van der Waals surface area (Å²) in [6.07, 6.45) is -1.47. The number of nitrogens with one attached hydrogen (secondary N) is 2. The van der Waals surface area contributed by atoms with Crippen LogP contribution in [0.25, 0.3) is 17.3 Å². The molecule has 0 saturated heterocycles. The van der Waals surface area contributed by atoms with Crippen molar-refractivity contribution in [2.75, 3.05) is 81.4 Å². The maximum atomic E-state index is 14.3. The molecule has 29 heteroatoms. The summed E-state index contributed by atoms with van der Waals surface area (Å²) in [6, 6.07) is 5.65. The predicted octanol–water partition coefficient (Wildman–Crippen LogP) is 5.83. The first-order chi connectivity index (χ1) is 51.7. The van der Waals surface area contributed by atoms with Crippen molar-refractivity contribution in [3.05, 3.63) is 132 Å². The van der Waals surface area contributed by atoms with E-state index in [4.69, 9.17) is 4.74 Å². The van der Waals surface area contributed by atoms with Gasteiger partial charge in [-0.15, -0.1) is 0 Å². The highest BCUT2D eigenvalue weighted by molar-refractivity contribution is 6.25. The number of nitrogens with zero attached hydrogens (tertiary/aromatic N) is 5. The van der Waals surface area contributed by atoms with Gasteiger partial charge in [-0.05, 0) is 154 Å². The molecule has 1 aliphatic heterocycles. The molecule has 15 N–H and O–H groups in total. The maximum Gasteiger partial charge on any atom is 0.415 e. The van der Waals surface area contributed by atoms with Crippen LogP contribution in [0.5, 0.6) is 17.2 Å². The van der Waals surface area contributed by atoms with Gasteiger partial charge in [0.2, 0.25) is 5.78 Å². The number of Topliss-reactive ketones (excluding diaryl/α,β-unsaturated/α-hetero) is 7. The second kappa shape index (κ2) is 30.3. The molecule has 608 valence electrons. The Morgan fingerprint density at radius 1 is 0.634 bits per heavy atom. The molecule has 0 radical (unpaired) electrons. The number of phenolic OH excluding ortho intramolecular Hbond substituents is 2. The number of hydrogen-bond donors (Lipinski definition) is 15. The molecule has 1 heterocycles. The lowest BCUT2D eigenvalue weighted by molar-refractivity contribution is -0.174. The van der Waals surface area contributed by atoms with Gasteiger partial charge in [-0.2, -0.15) is 0 Å². The Bertz CT molecular complexity index is 4670. The van der Waals surface area contributed by atoms with Gasteiger partial charge in [-0.1, -0.05) is 79.7 Å². The van der Waals surface area contributed by atoms with Gasteiger partial charge in [0.15, 0.2) is 51.5 Å². The molecule has 0 aromatic heterocycles. The van der Waals surface area contributed by atoms with Crippen LogP contribution in [0.1, 0.15) is 140 Å². The molecule has 13 rings (SSSR count). The Balaban J connectivity index is 0.000000179. The van der Waals surface area contributed by atoms with E-state index in [0.29, 0.717) is 41.8 Å². The summed E-state index contributed by atoms with van der Waals surface area (Å²) in [5.41, 5.74) is -5.22. The number of carbonyl (C=O) groups is 8. The normalized spacial score (nSPS) is 31.8. The van der Waals surface area contributed by atoms with E-state index in [2.05, 4.69) is 10.6 Å². The summed E-state index contributed by atoms with van der Waals surface area (Å²) in [6.45, 7) is 16.2. The molecular formula is C83H109N7O22. The number of hydrogen-bond acceptors (Lipinski definition) is 28. The second-order valence-electron chi connectivity index (χ2n) is 33.5. The molecule has 3 fully saturated rings. The highest BCUT2D eigenvalue weighted by Gasteiger charge is 2.71. The van der Waals surface area contributed by atoms with Crippen LogP contribution >= 0.6 is 0 Å². The van der Waals surface area contributed by atoms with Gasteiger partial charge in [0.05, 0.1) is 76.8 Å². The molecule has 3 aromatic rings. The zero-order valence-corrected chi connectivity index (χ0v) is 65.9. The number of aliphatic hydroxyl groups excluding tert-OH is 8. The topological polar surface area (TPSA) is 449 Å². The number of benzene rings is 3. The number of likely N-dealkylation sites (N-methyl/N-ethyl adjacent to an activating group) is 4. The van der Waals surface area contributed by atoms with Crippen molar-refractivity contribution in [2.24, 2.45) is 40.9 Å². The first-order valence-corrected chi connectivity index (χ1v) is 37.4. The number of carbonyl (C=O) groups excluding carboxylic acids is 8. The van der Waals surface area contributed by atoms with Crippen molar-refractivity contribution < 1.29 is 109 Å². The van der Waals surface area contributed by atoms with Crippen molar-refractivity contribution in [2.45, 2.75) is 173 Å². The van der Waals surface area contributed by atoms with Crippen LogP contribution in [0.2, 0.25) is 0 Å². The molecule has 0 bridgehead atoms. The standard InChI is InChI=1S/C31H39N3O8.C27H36N2O7.C24H30N2O7.CH4/c1-14(35)20-25(37)23(33(7)8)18-10-15-9-17-19(32(5)6)11-16-12-34(13-30(2,3)4)29(40)42-26(16)22(17)24(36)21(15)28(39)31(18,41)27(20)38;1-6-7-11-28-25-17(13(3)30)24(34)21(29(4)5)20-23(33)16-12(2)14-9-8-10-15(31)18(14)22(32)19(16)26(35)27(20,25)36;1-9-11-7-6-8-12(28)15(11)19(29)16-13(9)20(30)17-18(26(4)5)21(31)14(10(2)27)22(25-3)24(17,33)23(16)32;/h11,15,18,23,36,38,41H,9-10,12-13H2,1-8H3;8-10,12,16,20-21,23,25,28,31-34,36H,6-7,11H2,1-5H3;6-9,13,17-18,20,22,25,28-31,33H,1-5H3;1H4/t15-,18-,23-,31+;12-,16+,20+,21-,23-,25+,27+;9-,13+,17+,18-,20-,22+,24+;/m000./s1. The Hall–Kier alpha value is -9.14. The van der Waals surface area contributed by atoms with Gasteiger partial charge in [0.1, 0.15) is 57.4 Å². The molecular weight excluding hydrogens is 1450 g/mol. The van der Waals surface area contributed by atoms with Crippen LogP contribution in [-0.2, 0) is 46.5 Å². The summed E-state index contributed by atoms with van der Waals surface area (Å²) < 4.78 is 5.82. The zero-order chi connectivity index (χ0) is 82.5. The van der Waals surface area contributed by atoms with Crippen molar-refractivity contribution in [3.8, 4) is 17.2 Å². The molecule has 112 heavy (non-hydrogen) atoms. The fourth-order valence-electron chi connectivity index (χ4n) is 20.0. The lowest BCUT2D eigenvalue weighted by Gasteiger charge is -2.57. The van der Waals surface area contributed by atoms with Crippen molar-refractivity contribution >= 4 is 69.5 Å². The third-order valence-corrected chi connectivity index (χ3v) is 24.7. The third-order valence-electron chi connectivity index (χ3n) is 24.7. The highest BCUT2D eigenvalue weighted by atomic mass is 16.6. The number of fused-ring (bicyclic) bond motifs is 11. The van der Waals surface area contributed by atoms with E-state index in [-0.39, 0.29) is 106 Å². The van der Waals surface area contributed by atoms with Crippen LogP contribution < -0.4 is 20.3 Å². The van der Waals surface area contributed by atoms with Gasteiger partial charge < -0.3 is 91.6 Å². The maximum absolute atomic E-state index is 14.3. The minimum absolute atomic E-state index is 0. The molecule has 29 nitrogen and oxygen atoms in total. The van der Waals surface area contributed by atoms with E-state index >= 15 is 0 Å². The lowest BCUT2D eigenvalue weighted by atomic mass is 9.52. The second-order valence-corrected chi connectivity index (χ2v) is 33.5. The zero-order valence-electron chi connectivity index (χ0n) is 65.9. The van der Waals surface area contributed by atoms with E-state index in [1.54, 1.807) is 95.1 Å². The van der Waals surface area contributed by atoms with Crippen LogP contribution in [0.15, 0.2) is 93.2 Å². The van der Waals surface area contributed by atoms with Crippen molar-refractivity contribution in [1.29, 1.82) is 0 Å². The number of aliphatic hydroxyl groups is 11. The number of unbranched alkanes of at least 4 members (excludes halogenated alkanes) is 1. The van der Waals surface area contributed by atoms with E-state index in [1.807, 2.05) is 52.8 Å². The third kappa shape index (κ3) is 12.8. The van der Waals surface area contributed by atoms with Crippen LogP contribution in [0, 0.1) is 40.9 Å². The molecule has 1 amide bonds. The van der Waals surface area contributed by atoms with E-state index < -0.39 is 182 Å². The van der Waals surface area contributed by atoms with Crippen LogP contribution in [0.3, 0.4) is 0 Å². The molecule has 18 atom stereocenters. The number of ketones is 7. The Labute approximate surface area is 651 Å². The molecule has 3 aromatic carbocycles. The average Bonchev–Trinajstić information content (AvgIpc) is 0.700. The number of aromatic hydroxyl groups is 2. The number of rotatable bonds is 13. The van der Waals surface area contributed by atoms with Gasteiger partial charge in [0, 0.05) is 78.2 Å². The van der Waals surface area contributed by atoms with Crippen LogP contribution in [-0.4, -0.2) is 268 Å². The fourth-order valence-corrected chi connectivity index (χ4v) is 20.0. The largest absolute Gasteiger partial charge is 0.510 e. The SMILES string of the molecule is C.CC(=O)C1=C(O)[C@@]2(O)C(=O)C3=C(O)c4c(c(N(C)C)cc5c4OC(=O)N(CC(C)(C)C)C5)C[C@H]3C[C@H]2[C@H](N(C)C)C1=O.CCCCN[C@@H]1C(C(C)=O)=C(O)[C@@H](N(C)C)[C@@H]2[C@@H](O)[C@H]3C(=C(O)c4c(O)cccc4[C@@H]3C)C(=O)[C@@]21O.CN[C@@H]1C(C(C)=O)=C(O)[C@@H](N(C)C)[C@@H]2[C@@H](O)[C@H]3C(=C(O)c4c(O)cccc4[C@@H]3C)C(=O)[C@@]21O. The number of anilines is 1. The van der Waals surface area contributed by atoms with E-state index in [0.717, 1.165) is 19.0 Å². The Morgan fingerprint density at radius 3 is 1.51 bits per heavy atom. The van der Waals surface area contributed by atoms with Crippen molar-refractivity contribution in [3.63, 3.8) is 0 Å². The summed E-state index contributed by atoms with van der Waals surface area (Å²) >= 11 is 0. The lowest BCUT2D eigenvalue weighted by Crippen LogP contribution is -2.75. The number of phenols is 2. The quantitative estimate of drug-likeness (QED) is 0.0706. The first-order valence-electron chi connectivity index (χ1n) is 37.4. The monoisotopic (exact) mass is 1560 g/mol. The molecule has 3 saturated carbocycles. The molecule has 0 spiro atoms. The molecule has 9 aliphatic carbocycles. The van der Waals surface area contributed by atoms with Crippen LogP contribution in [0.4, 0.5) is 10.5 Å². The summed E-state index contributed by atoms with van der Waals surface area (Å²) in [5.74, 6) is -15.3. The fraction of sp³-hybridized carbons (Fsp3) is 0.542. The minimum Gasteiger partial charge on any atom is -0.510 e. The van der Waals surface area contributed by atoms with Gasteiger partial charge >= 0.3 is 6.09 Å². The number of amides is 1. The van der Waals surface area contributed by atoms with E-state index in [1.165, 1.54) is 37.9 Å². The first kappa shape index (κ1) is 85.3. The molecule has 10 aliphatic rings. The summed E-state index contributed by atoms with van der Waals surface area (Å²) in [5, 5.41) is 154.